The second-order valence-corrected chi connectivity index (χ2v) is 9.42. The fraction of sp³-hybridized carbons (Fsp3) is 0.357. The van der Waals surface area contributed by atoms with Crippen LogP contribution in [0.3, 0.4) is 0 Å². The first-order valence-electron chi connectivity index (χ1n) is 12.2. The van der Waals surface area contributed by atoms with E-state index in [0.717, 1.165) is 39.2 Å². The molecule has 4 N–H and O–H groups in total. The summed E-state index contributed by atoms with van der Waals surface area (Å²) in [7, 11) is 1.85. The molecule has 0 bridgehead atoms. The molecular formula is C28H35N5O. The Bertz CT molecular complexity index is 1310. The summed E-state index contributed by atoms with van der Waals surface area (Å²) in [6.07, 6.45) is 9.33. The zero-order valence-electron chi connectivity index (χ0n) is 20.4. The molecule has 2 aromatic heterocycles. The largest absolute Gasteiger partial charge is 0.387 e. The van der Waals surface area contributed by atoms with Crippen molar-refractivity contribution in [1.29, 1.82) is 0 Å². The van der Waals surface area contributed by atoms with Gasteiger partial charge in [0.1, 0.15) is 0 Å². The van der Waals surface area contributed by atoms with Gasteiger partial charge >= 0.3 is 0 Å². The molecule has 34 heavy (non-hydrogen) atoms. The first kappa shape index (κ1) is 23.6. The number of pyridine rings is 1. The Kier molecular flexibility index (Phi) is 7.36. The quantitative estimate of drug-likeness (QED) is 0.353. The van der Waals surface area contributed by atoms with Crippen LogP contribution < -0.4 is 16.6 Å². The summed E-state index contributed by atoms with van der Waals surface area (Å²) in [4.78, 5) is 12.3. The lowest BCUT2D eigenvalue weighted by atomic mass is 9.91. The number of hydrogen-bond acceptors (Lipinski definition) is 4. The minimum atomic E-state index is -0.0269. The molecule has 2 aromatic carbocycles. The summed E-state index contributed by atoms with van der Waals surface area (Å²) in [6.45, 7) is 4.94. The number of nitrogens with two attached hydrogens (primary N) is 1. The number of aromatic amines is 1. The highest BCUT2D eigenvalue weighted by Gasteiger charge is 2.11. The molecule has 0 aliphatic heterocycles. The highest BCUT2D eigenvalue weighted by atomic mass is 16.1. The predicted molar refractivity (Wildman–Crippen MR) is 142 cm³/mol. The van der Waals surface area contributed by atoms with Gasteiger partial charge in [-0.3, -0.25) is 9.89 Å². The number of fused-ring (bicyclic) bond motifs is 1. The van der Waals surface area contributed by atoms with Crippen LogP contribution in [0.1, 0.15) is 50.2 Å². The fourth-order valence-corrected chi connectivity index (χ4v) is 4.69. The maximum atomic E-state index is 12.3. The van der Waals surface area contributed by atoms with Crippen molar-refractivity contribution in [2.75, 3.05) is 18.1 Å². The van der Waals surface area contributed by atoms with Crippen molar-refractivity contribution in [1.82, 2.24) is 14.8 Å². The number of aryl methyl sites for hydroxylation is 1. The van der Waals surface area contributed by atoms with Gasteiger partial charge in [0, 0.05) is 25.0 Å². The lowest BCUT2D eigenvalue weighted by Gasteiger charge is -2.15. The van der Waals surface area contributed by atoms with E-state index in [4.69, 9.17) is 5.73 Å². The normalized spacial score (nSPS) is 14.0. The smallest absolute Gasteiger partial charge is 0.250 e. The summed E-state index contributed by atoms with van der Waals surface area (Å²) in [6, 6.07) is 15.7. The van der Waals surface area contributed by atoms with Gasteiger partial charge in [-0.2, -0.15) is 5.10 Å². The highest BCUT2D eigenvalue weighted by Crippen LogP contribution is 2.32. The first-order chi connectivity index (χ1) is 16.4. The van der Waals surface area contributed by atoms with E-state index in [1.807, 2.05) is 56.6 Å². The summed E-state index contributed by atoms with van der Waals surface area (Å²) in [5.74, 6) is 1.50. The van der Waals surface area contributed by atoms with Crippen LogP contribution in [0.5, 0.6) is 0 Å². The molecular weight excluding hydrogens is 422 g/mol. The SMILES string of the molecule is CC1CCCCC1.CNc1cc(-c2ccc(=O)n(Cc3cccc(C)c3)c2)cc2[nH]nc(N)c12. The van der Waals surface area contributed by atoms with Crippen molar-refractivity contribution in [2.45, 2.75) is 52.5 Å². The van der Waals surface area contributed by atoms with Gasteiger partial charge in [-0.05, 0) is 47.7 Å². The van der Waals surface area contributed by atoms with Crippen LogP contribution in [0.4, 0.5) is 11.5 Å². The second-order valence-electron chi connectivity index (χ2n) is 9.42. The van der Waals surface area contributed by atoms with E-state index in [1.54, 1.807) is 10.6 Å². The van der Waals surface area contributed by atoms with Gasteiger partial charge in [0.25, 0.3) is 5.56 Å². The fourth-order valence-electron chi connectivity index (χ4n) is 4.69. The van der Waals surface area contributed by atoms with Crippen LogP contribution in [0.15, 0.2) is 59.5 Å². The highest BCUT2D eigenvalue weighted by molar-refractivity contribution is 6.02. The van der Waals surface area contributed by atoms with Gasteiger partial charge in [-0.25, -0.2) is 0 Å². The number of benzene rings is 2. The maximum Gasteiger partial charge on any atom is 0.250 e. The predicted octanol–water partition coefficient (Wildman–Crippen LogP) is 5.96. The van der Waals surface area contributed by atoms with Crippen LogP contribution >= 0.6 is 0 Å². The Morgan fingerprint density at radius 3 is 2.56 bits per heavy atom. The molecule has 0 atom stereocenters. The summed E-state index contributed by atoms with van der Waals surface area (Å²) < 4.78 is 1.73. The molecule has 1 aliphatic carbocycles. The van der Waals surface area contributed by atoms with Crippen LogP contribution in [0.25, 0.3) is 22.0 Å². The van der Waals surface area contributed by atoms with Crippen LogP contribution in [0.2, 0.25) is 0 Å². The summed E-state index contributed by atoms with van der Waals surface area (Å²) in [5, 5.41) is 11.1. The van der Waals surface area contributed by atoms with Crippen molar-refractivity contribution in [3.63, 3.8) is 0 Å². The number of nitrogens with one attached hydrogen (secondary N) is 2. The number of hydrogen-bond donors (Lipinski definition) is 3. The molecule has 0 spiro atoms. The summed E-state index contributed by atoms with van der Waals surface area (Å²) >= 11 is 0. The number of aromatic nitrogens is 3. The van der Waals surface area contributed by atoms with E-state index < -0.39 is 0 Å². The molecule has 0 unspecified atom stereocenters. The van der Waals surface area contributed by atoms with Gasteiger partial charge in [0.15, 0.2) is 5.82 Å². The lowest BCUT2D eigenvalue weighted by Crippen LogP contribution is -2.19. The number of nitrogen functional groups attached to an aromatic ring is 1. The zero-order chi connectivity index (χ0) is 24.1. The first-order valence-corrected chi connectivity index (χ1v) is 12.2. The molecule has 1 saturated carbocycles. The third-order valence-electron chi connectivity index (χ3n) is 6.61. The third kappa shape index (κ3) is 5.50. The Hall–Kier alpha value is -3.54. The van der Waals surface area contributed by atoms with E-state index in [1.165, 1.54) is 37.7 Å². The zero-order valence-corrected chi connectivity index (χ0v) is 20.4. The molecule has 1 aliphatic rings. The Labute approximate surface area is 201 Å². The van der Waals surface area contributed by atoms with Crippen LogP contribution in [0, 0.1) is 12.8 Å². The van der Waals surface area contributed by atoms with E-state index >= 15 is 0 Å². The van der Waals surface area contributed by atoms with E-state index in [9.17, 15) is 4.79 Å². The van der Waals surface area contributed by atoms with Crippen LogP contribution in [-0.2, 0) is 6.54 Å². The molecule has 6 nitrogen and oxygen atoms in total. The molecule has 0 amide bonds. The second kappa shape index (κ2) is 10.6. The number of nitrogens with zero attached hydrogens (tertiary/aromatic N) is 2. The minimum Gasteiger partial charge on any atom is -0.387 e. The van der Waals surface area contributed by atoms with Crippen LogP contribution in [-0.4, -0.2) is 21.8 Å². The van der Waals surface area contributed by atoms with Gasteiger partial charge < -0.3 is 15.6 Å². The average molecular weight is 458 g/mol. The molecule has 5 rings (SSSR count). The molecule has 2 heterocycles. The molecule has 4 aromatic rings. The molecule has 0 saturated heterocycles. The van der Waals surface area contributed by atoms with Crippen molar-refractivity contribution in [3.05, 3.63) is 76.2 Å². The Morgan fingerprint density at radius 1 is 1.09 bits per heavy atom. The average Bonchev–Trinajstić information content (AvgIpc) is 3.21. The Morgan fingerprint density at radius 2 is 1.88 bits per heavy atom. The number of anilines is 2. The van der Waals surface area contributed by atoms with E-state index in [0.29, 0.717) is 12.4 Å². The van der Waals surface area contributed by atoms with Gasteiger partial charge in [0.2, 0.25) is 0 Å². The monoisotopic (exact) mass is 457 g/mol. The van der Waals surface area contributed by atoms with Gasteiger partial charge in [-0.15, -0.1) is 0 Å². The molecule has 178 valence electrons. The van der Waals surface area contributed by atoms with Gasteiger partial charge in [-0.1, -0.05) is 68.9 Å². The van der Waals surface area contributed by atoms with Gasteiger partial charge in [0.05, 0.1) is 17.4 Å². The number of rotatable bonds is 4. The topological polar surface area (TPSA) is 88.7 Å². The number of H-pyrrole nitrogens is 1. The van der Waals surface area contributed by atoms with E-state index in [-0.39, 0.29) is 5.56 Å². The maximum absolute atomic E-state index is 12.3. The summed E-state index contributed by atoms with van der Waals surface area (Å²) in [5.41, 5.74) is 11.9. The van der Waals surface area contributed by atoms with E-state index in [2.05, 4.69) is 28.5 Å². The third-order valence-corrected chi connectivity index (χ3v) is 6.61. The van der Waals surface area contributed by atoms with Crippen molar-refractivity contribution < 1.29 is 0 Å². The molecule has 1 fully saturated rings. The van der Waals surface area contributed by atoms with Crippen molar-refractivity contribution in [2.24, 2.45) is 5.92 Å². The lowest BCUT2D eigenvalue weighted by molar-refractivity contribution is 0.385. The molecule has 0 radical (unpaired) electrons. The van der Waals surface area contributed by atoms with Crippen molar-refractivity contribution >= 4 is 22.4 Å². The molecule has 6 heteroatoms. The minimum absolute atomic E-state index is 0.0269. The Balaban J connectivity index is 0.000000336. The van der Waals surface area contributed by atoms with Crippen molar-refractivity contribution in [3.8, 4) is 11.1 Å². The standard InChI is InChI=1S/C21H21N5O.C7H14/c1-13-4-3-5-14(8-13)11-26-12-15(6-7-19(26)27)16-9-17(23-2)20-18(10-16)24-25-21(20)22;1-7-5-3-2-4-6-7/h3-10,12,23H,11H2,1-2H3,(H3,22,24,25);7H,2-6H2,1H3.